The van der Waals surface area contributed by atoms with Crippen molar-refractivity contribution in [2.24, 2.45) is 0 Å². The van der Waals surface area contributed by atoms with Crippen LogP contribution in [0.2, 0.25) is 0 Å². The standard InChI is InChI=1S/C23H29N3O6S/c1-33(28,29)26(20-6-7-21-22(14-20)32-13-12-31-21)17-23(27)24-15-18-2-4-19(5-3-18)16-25-8-10-30-11-9-25/h2-7,14H,8-13,15-17H2,1H3,(H,24,27). The Labute approximate surface area is 194 Å². The van der Waals surface area contributed by atoms with E-state index in [2.05, 4.69) is 22.3 Å². The summed E-state index contributed by atoms with van der Waals surface area (Å²) in [5.41, 5.74) is 2.50. The van der Waals surface area contributed by atoms with Crippen LogP contribution >= 0.6 is 0 Å². The molecule has 2 aliphatic heterocycles. The van der Waals surface area contributed by atoms with Crippen molar-refractivity contribution in [1.29, 1.82) is 0 Å². The van der Waals surface area contributed by atoms with E-state index in [1.165, 1.54) is 5.56 Å². The molecule has 33 heavy (non-hydrogen) atoms. The molecule has 0 aliphatic carbocycles. The molecule has 1 saturated heterocycles. The van der Waals surface area contributed by atoms with Gasteiger partial charge in [-0.15, -0.1) is 0 Å². The Balaban J connectivity index is 1.34. The van der Waals surface area contributed by atoms with E-state index in [-0.39, 0.29) is 6.54 Å². The molecule has 2 heterocycles. The van der Waals surface area contributed by atoms with Gasteiger partial charge in [0.15, 0.2) is 11.5 Å². The third kappa shape index (κ3) is 6.37. The average molecular weight is 476 g/mol. The van der Waals surface area contributed by atoms with Crippen molar-refractivity contribution >= 4 is 21.6 Å². The van der Waals surface area contributed by atoms with Crippen LogP contribution in [0.1, 0.15) is 11.1 Å². The molecular weight excluding hydrogens is 446 g/mol. The smallest absolute Gasteiger partial charge is 0.241 e. The van der Waals surface area contributed by atoms with Crippen molar-refractivity contribution in [3.63, 3.8) is 0 Å². The van der Waals surface area contributed by atoms with Crippen LogP contribution in [0, 0.1) is 0 Å². The monoisotopic (exact) mass is 475 g/mol. The Morgan fingerprint density at radius 1 is 0.970 bits per heavy atom. The van der Waals surface area contributed by atoms with Gasteiger partial charge in [0.1, 0.15) is 19.8 Å². The summed E-state index contributed by atoms with van der Waals surface area (Å²) in [7, 11) is -3.68. The Morgan fingerprint density at radius 2 is 1.64 bits per heavy atom. The molecule has 0 aromatic heterocycles. The molecule has 9 nitrogen and oxygen atoms in total. The number of carbonyl (C=O) groups is 1. The van der Waals surface area contributed by atoms with E-state index >= 15 is 0 Å². The summed E-state index contributed by atoms with van der Waals surface area (Å²) in [6, 6.07) is 12.9. The molecule has 1 fully saturated rings. The fourth-order valence-corrected chi connectivity index (χ4v) is 4.60. The SMILES string of the molecule is CS(=O)(=O)N(CC(=O)NCc1ccc(CN2CCOCC2)cc1)c1ccc2c(c1)OCCO2. The molecule has 2 aromatic carbocycles. The molecule has 178 valence electrons. The minimum Gasteiger partial charge on any atom is -0.486 e. The van der Waals surface area contributed by atoms with Crippen molar-refractivity contribution in [3.05, 3.63) is 53.6 Å². The van der Waals surface area contributed by atoms with E-state index in [0.717, 1.165) is 49.0 Å². The highest BCUT2D eigenvalue weighted by Crippen LogP contribution is 2.34. The number of morpholine rings is 1. The van der Waals surface area contributed by atoms with Crippen LogP contribution in [0.25, 0.3) is 0 Å². The Morgan fingerprint density at radius 3 is 2.33 bits per heavy atom. The zero-order valence-electron chi connectivity index (χ0n) is 18.7. The summed E-state index contributed by atoms with van der Waals surface area (Å²) in [5, 5.41) is 2.81. The van der Waals surface area contributed by atoms with Crippen molar-refractivity contribution < 1.29 is 27.4 Å². The third-order valence-electron chi connectivity index (χ3n) is 5.52. The molecule has 2 aliphatic rings. The predicted molar refractivity (Wildman–Crippen MR) is 124 cm³/mol. The number of ether oxygens (including phenoxy) is 3. The van der Waals surface area contributed by atoms with Crippen molar-refractivity contribution in [2.45, 2.75) is 13.1 Å². The van der Waals surface area contributed by atoms with Crippen LogP contribution in [0.15, 0.2) is 42.5 Å². The first-order valence-electron chi connectivity index (χ1n) is 10.9. The van der Waals surface area contributed by atoms with E-state index < -0.39 is 15.9 Å². The van der Waals surface area contributed by atoms with Crippen LogP contribution in [0.3, 0.4) is 0 Å². The second kappa shape index (κ2) is 10.4. The van der Waals surface area contributed by atoms with Gasteiger partial charge in [0, 0.05) is 32.2 Å². The number of nitrogens with one attached hydrogen (secondary N) is 1. The molecule has 1 amide bonds. The van der Waals surface area contributed by atoms with E-state index in [0.29, 0.717) is 36.9 Å². The number of sulfonamides is 1. The van der Waals surface area contributed by atoms with Gasteiger partial charge >= 0.3 is 0 Å². The number of nitrogens with zero attached hydrogens (tertiary/aromatic N) is 2. The molecule has 4 rings (SSSR count). The number of hydrogen-bond acceptors (Lipinski definition) is 7. The van der Waals surface area contributed by atoms with Gasteiger partial charge < -0.3 is 19.5 Å². The second-order valence-corrected chi connectivity index (χ2v) is 9.99. The lowest BCUT2D eigenvalue weighted by Crippen LogP contribution is -2.40. The minimum atomic E-state index is -3.68. The maximum absolute atomic E-state index is 12.6. The Kier molecular flexibility index (Phi) is 7.36. The molecule has 0 saturated carbocycles. The fraction of sp³-hybridized carbons (Fsp3) is 0.435. The van der Waals surface area contributed by atoms with Gasteiger partial charge in [0.25, 0.3) is 0 Å². The summed E-state index contributed by atoms with van der Waals surface area (Å²) in [6.45, 7) is 5.08. The predicted octanol–water partition coefficient (Wildman–Crippen LogP) is 1.37. The maximum atomic E-state index is 12.6. The zero-order valence-corrected chi connectivity index (χ0v) is 19.5. The van der Waals surface area contributed by atoms with E-state index in [9.17, 15) is 13.2 Å². The van der Waals surface area contributed by atoms with Crippen LogP contribution in [0.4, 0.5) is 5.69 Å². The van der Waals surface area contributed by atoms with E-state index in [1.54, 1.807) is 18.2 Å². The average Bonchev–Trinajstić information content (AvgIpc) is 2.82. The minimum absolute atomic E-state index is 0.315. The van der Waals surface area contributed by atoms with Crippen LogP contribution in [-0.4, -0.2) is 71.5 Å². The summed E-state index contributed by atoms with van der Waals surface area (Å²) in [4.78, 5) is 14.9. The first kappa shape index (κ1) is 23.3. The van der Waals surface area contributed by atoms with E-state index in [1.807, 2.05) is 12.1 Å². The molecule has 0 spiro atoms. The maximum Gasteiger partial charge on any atom is 0.241 e. The first-order chi connectivity index (χ1) is 15.9. The number of fused-ring (bicyclic) bond motifs is 1. The van der Waals surface area contributed by atoms with Gasteiger partial charge in [0.05, 0.1) is 25.2 Å². The van der Waals surface area contributed by atoms with Crippen molar-refractivity contribution in [1.82, 2.24) is 10.2 Å². The lowest BCUT2D eigenvalue weighted by molar-refractivity contribution is -0.119. The van der Waals surface area contributed by atoms with Crippen LogP contribution in [-0.2, 0) is 32.6 Å². The van der Waals surface area contributed by atoms with Crippen LogP contribution < -0.4 is 19.1 Å². The number of carbonyl (C=O) groups excluding carboxylic acids is 1. The fourth-order valence-electron chi connectivity index (χ4n) is 3.75. The number of benzene rings is 2. The van der Waals surface area contributed by atoms with Crippen molar-refractivity contribution in [3.8, 4) is 11.5 Å². The molecule has 10 heteroatoms. The lowest BCUT2D eigenvalue weighted by Gasteiger charge is -2.26. The number of hydrogen-bond donors (Lipinski definition) is 1. The van der Waals surface area contributed by atoms with Crippen molar-refractivity contribution in [2.75, 3.05) is 56.6 Å². The second-order valence-electron chi connectivity index (χ2n) is 8.08. The molecule has 0 unspecified atom stereocenters. The highest BCUT2D eigenvalue weighted by Gasteiger charge is 2.23. The van der Waals surface area contributed by atoms with Gasteiger partial charge in [-0.2, -0.15) is 0 Å². The Bertz CT molecular complexity index is 1070. The molecule has 2 aromatic rings. The topological polar surface area (TPSA) is 97.4 Å². The summed E-state index contributed by atoms with van der Waals surface area (Å²) < 4.78 is 42.2. The highest BCUT2D eigenvalue weighted by molar-refractivity contribution is 7.92. The zero-order chi connectivity index (χ0) is 23.3. The molecule has 1 N–H and O–H groups in total. The third-order valence-corrected chi connectivity index (χ3v) is 6.66. The van der Waals surface area contributed by atoms with Gasteiger partial charge in [0.2, 0.25) is 15.9 Å². The normalized spacial score (nSPS) is 16.3. The molecular formula is C23H29N3O6S. The summed E-state index contributed by atoms with van der Waals surface area (Å²) in [6.07, 6.45) is 1.07. The van der Waals surface area contributed by atoms with E-state index in [4.69, 9.17) is 14.2 Å². The number of anilines is 1. The summed E-state index contributed by atoms with van der Waals surface area (Å²) in [5.74, 6) is 0.623. The Hall–Kier alpha value is -2.82. The lowest BCUT2D eigenvalue weighted by atomic mass is 10.1. The van der Waals surface area contributed by atoms with Gasteiger partial charge in [-0.25, -0.2) is 8.42 Å². The summed E-state index contributed by atoms with van der Waals surface area (Å²) >= 11 is 0. The molecule has 0 radical (unpaired) electrons. The van der Waals surface area contributed by atoms with Gasteiger partial charge in [-0.05, 0) is 23.3 Å². The van der Waals surface area contributed by atoms with Crippen LogP contribution in [0.5, 0.6) is 11.5 Å². The number of rotatable bonds is 8. The molecule has 0 bridgehead atoms. The number of amides is 1. The molecule has 0 atom stereocenters. The first-order valence-corrected chi connectivity index (χ1v) is 12.8. The largest absolute Gasteiger partial charge is 0.486 e. The quantitative estimate of drug-likeness (QED) is 0.616. The van der Waals surface area contributed by atoms with Gasteiger partial charge in [-0.1, -0.05) is 24.3 Å². The highest BCUT2D eigenvalue weighted by atomic mass is 32.2. The van der Waals surface area contributed by atoms with Gasteiger partial charge in [-0.3, -0.25) is 14.0 Å².